The maximum atomic E-state index is 10.2. The van der Waals surface area contributed by atoms with Gasteiger partial charge in [0.2, 0.25) is 0 Å². The van der Waals surface area contributed by atoms with Crippen molar-refractivity contribution in [2.75, 3.05) is 13.7 Å². The zero-order valence-electron chi connectivity index (χ0n) is 12.1. The number of aliphatic hydroxyl groups is 1. The zero-order valence-corrected chi connectivity index (χ0v) is 12.8. The fourth-order valence-corrected chi connectivity index (χ4v) is 2.24. The summed E-state index contributed by atoms with van der Waals surface area (Å²) >= 11 is 5.88. The second kappa shape index (κ2) is 7.41. The molecule has 0 bridgehead atoms. The van der Waals surface area contributed by atoms with Gasteiger partial charge in [0.25, 0.3) is 0 Å². The molecule has 1 heterocycles. The predicted octanol–water partition coefficient (Wildman–Crippen LogP) is 3.13. The van der Waals surface area contributed by atoms with E-state index in [1.807, 2.05) is 43.3 Å². The Morgan fingerprint density at radius 1 is 1.29 bits per heavy atom. The molecular formula is C16H19ClN2O2. The van der Waals surface area contributed by atoms with Gasteiger partial charge in [-0.15, -0.1) is 0 Å². The maximum absolute atomic E-state index is 10.2. The van der Waals surface area contributed by atoms with Crippen LogP contribution in [-0.4, -0.2) is 23.7 Å². The molecule has 112 valence electrons. The number of nitrogens with zero attached hydrogens (tertiary/aromatic N) is 1. The Bertz CT molecular complexity index is 592. The van der Waals surface area contributed by atoms with Gasteiger partial charge in [-0.05, 0) is 42.3 Å². The quantitative estimate of drug-likeness (QED) is 0.805. The summed E-state index contributed by atoms with van der Waals surface area (Å²) in [6.07, 6.45) is 1.08. The Labute approximate surface area is 129 Å². The third-order valence-corrected chi connectivity index (χ3v) is 3.55. The van der Waals surface area contributed by atoms with E-state index in [4.69, 9.17) is 16.3 Å². The lowest BCUT2D eigenvalue weighted by Crippen LogP contribution is -2.24. The number of rotatable bonds is 6. The van der Waals surface area contributed by atoms with Crippen molar-refractivity contribution in [1.29, 1.82) is 0 Å². The average molecular weight is 307 g/mol. The minimum absolute atomic E-state index is 0.0748. The number of ether oxygens (including phenoxy) is 1. The van der Waals surface area contributed by atoms with Crippen LogP contribution in [0.25, 0.3) is 0 Å². The van der Waals surface area contributed by atoms with Crippen LogP contribution in [0.3, 0.4) is 0 Å². The first-order valence-corrected chi connectivity index (χ1v) is 7.15. The molecule has 0 saturated carbocycles. The monoisotopic (exact) mass is 306 g/mol. The molecule has 0 radical (unpaired) electrons. The van der Waals surface area contributed by atoms with E-state index in [0.29, 0.717) is 11.7 Å². The third-order valence-electron chi connectivity index (χ3n) is 3.35. The Morgan fingerprint density at radius 3 is 2.81 bits per heavy atom. The van der Waals surface area contributed by atoms with Gasteiger partial charge < -0.3 is 15.2 Å². The van der Waals surface area contributed by atoms with Gasteiger partial charge in [0.15, 0.2) is 0 Å². The zero-order chi connectivity index (χ0) is 15.2. The van der Waals surface area contributed by atoms with Crippen LogP contribution >= 0.6 is 11.6 Å². The van der Waals surface area contributed by atoms with Crippen molar-refractivity contribution >= 4 is 11.6 Å². The Morgan fingerprint density at radius 2 is 2.10 bits per heavy atom. The van der Waals surface area contributed by atoms with Gasteiger partial charge in [0.1, 0.15) is 10.9 Å². The molecule has 0 aliphatic heterocycles. The number of halogens is 1. The van der Waals surface area contributed by atoms with Crippen LogP contribution in [-0.2, 0) is 0 Å². The van der Waals surface area contributed by atoms with Crippen LogP contribution in [0.1, 0.15) is 30.2 Å². The van der Waals surface area contributed by atoms with Gasteiger partial charge >= 0.3 is 0 Å². The van der Waals surface area contributed by atoms with Crippen molar-refractivity contribution in [2.45, 2.75) is 19.1 Å². The first-order valence-electron chi connectivity index (χ1n) is 6.77. The van der Waals surface area contributed by atoms with E-state index < -0.39 is 6.10 Å². The van der Waals surface area contributed by atoms with E-state index in [1.54, 1.807) is 13.3 Å². The standard InChI is InChI=1S/C16H19ClN2O2/c1-11(12-6-7-18-16(17)9-12)19-10-15(20)13-4-3-5-14(8-13)21-2/h3-9,11,15,19-20H,10H2,1-2H3. The minimum Gasteiger partial charge on any atom is -0.497 e. The molecule has 0 saturated heterocycles. The molecule has 4 nitrogen and oxygen atoms in total. The van der Waals surface area contributed by atoms with Crippen molar-refractivity contribution in [3.05, 3.63) is 58.9 Å². The number of benzene rings is 1. The van der Waals surface area contributed by atoms with Gasteiger partial charge in [-0.1, -0.05) is 23.7 Å². The Hall–Kier alpha value is -1.62. The first-order chi connectivity index (χ1) is 10.1. The molecular weight excluding hydrogens is 288 g/mol. The molecule has 1 aromatic heterocycles. The van der Waals surface area contributed by atoms with Gasteiger partial charge in [-0.25, -0.2) is 4.98 Å². The Kier molecular flexibility index (Phi) is 5.56. The SMILES string of the molecule is COc1cccc(C(O)CNC(C)c2ccnc(Cl)c2)c1. The normalized spacial score (nSPS) is 13.7. The highest BCUT2D eigenvalue weighted by Crippen LogP contribution is 2.20. The molecule has 0 fully saturated rings. The number of methoxy groups -OCH3 is 1. The maximum Gasteiger partial charge on any atom is 0.129 e. The molecule has 0 aliphatic carbocycles. The molecule has 0 spiro atoms. The fraction of sp³-hybridized carbons (Fsp3) is 0.312. The summed E-state index contributed by atoms with van der Waals surface area (Å²) < 4.78 is 5.16. The lowest BCUT2D eigenvalue weighted by atomic mass is 10.1. The summed E-state index contributed by atoms with van der Waals surface area (Å²) in [4.78, 5) is 3.96. The number of pyridine rings is 1. The number of aliphatic hydroxyl groups excluding tert-OH is 1. The van der Waals surface area contributed by atoms with Gasteiger partial charge in [-0.3, -0.25) is 0 Å². The van der Waals surface area contributed by atoms with Crippen LogP contribution in [0.5, 0.6) is 5.75 Å². The molecule has 2 atom stereocenters. The fourth-order valence-electron chi connectivity index (χ4n) is 2.06. The van der Waals surface area contributed by atoms with Gasteiger partial charge in [0, 0.05) is 18.8 Å². The molecule has 2 rings (SSSR count). The van der Waals surface area contributed by atoms with Crippen molar-refractivity contribution in [3.8, 4) is 5.75 Å². The molecule has 21 heavy (non-hydrogen) atoms. The molecule has 2 N–H and O–H groups in total. The molecule has 1 aromatic carbocycles. The smallest absolute Gasteiger partial charge is 0.129 e. The summed E-state index contributed by atoms with van der Waals surface area (Å²) in [6.45, 7) is 2.46. The molecule has 2 aromatic rings. The van der Waals surface area contributed by atoms with Crippen molar-refractivity contribution in [2.24, 2.45) is 0 Å². The van der Waals surface area contributed by atoms with Crippen LogP contribution < -0.4 is 10.1 Å². The summed E-state index contributed by atoms with van der Waals surface area (Å²) in [5, 5.41) is 14.0. The van der Waals surface area contributed by atoms with Gasteiger partial charge in [0.05, 0.1) is 13.2 Å². The number of hydrogen-bond donors (Lipinski definition) is 2. The van der Waals surface area contributed by atoms with Crippen LogP contribution in [0.2, 0.25) is 5.15 Å². The summed E-state index contributed by atoms with van der Waals surface area (Å²) in [5.41, 5.74) is 1.86. The lowest BCUT2D eigenvalue weighted by molar-refractivity contribution is 0.170. The lowest BCUT2D eigenvalue weighted by Gasteiger charge is -2.18. The van der Waals surface area contributed by atoms with Crippen LogP contribution in [0, 0.1) is 0 Å². The molecule has 0 aliphatic rings. The number of aromatic nitrogens is 1. The van der Waals surface area contributed by atoms with E-state index in [2.05, 4.69) is 10.3 Å². The predicted molar refractivity (Wildman–Crippen MR) is 83.6 cm³/mol. The molecule has 5 heteroatoms. The third kappa shape index (κ3) is 4.43. The second-order valence-corrected chi connectivity index (χ2v) is 5.22. The number of nitrogens with one attached hydrogen (secondary N) is 1. The molecule has 0 amide bonds. The van der Waals surface area contributed by atoms with E-state index in [-0.39, 0.29) is 6.04 Å². The topological polar surface area (TPSA) is 54.4 Å². The van der Waals surface area contributed by atoms with Crippen molar-refractivity contribution < 1.29 is 9.84 Å². The highest BCUT2D eigenvalue weighted by atomic mass is 35.5. The van der Waals surface area contributed by atoms with E-state index in [9.17, 15) is 5.11 Å². The Balaban J connectivity index is 1.95. The van der Waals surface area contributed by atoms with Crippen LogP contribution in [0.15, 0.2) is 42.6 Å². The number of hydrogen-bond acceptors (Lipinski definition) is 4. The largest absolute Gasteiger partial charge is 0.497 e. The van der Waals surface area contributed by atoms with Crippen LogP contribution in [0.4, 0.5) is 0 Å². The average Bonchev–Trinajstić information content (AvgIpc) is 2.52. The van der Waals surface area contributed by atoms with Crippen molar-refractivity contribution in [3.63, 3.8) is 0 Å². The molecule has 2 unspecified atom stereocenters. The summed E-state index contributed by atoms with van der Waals surface area (Å²) in [5.74, 6) is 0.737. The second-order valence-electron chi connectivity index (χ2n) is 4.83. The summed E-state index contributed by atoms with van der Waals surface area (Å²) in [7, 11) is 1.61. The van der Waals surface area contributed by atoms with Gasteiger partial charge in [-0.2, -0.15) is 0 Å². The van der Waals surface area contributed by atoms with Crippen molar-refractivity contribution in [1.82, 2.24) is 10.3 Å². The van der Waals surface area contributed by atoms with E-state index in [1.165, 1.54) is 0 Å². The summed E-state index contributed by atoms with van der Waals surface area (Å²) in [6, 6.07) is 11.2. The van der Waals surface area contributed by atoms with E-state index in [0.717, 1.165) is 16.9 Å². The highest BCUT2D eigenvalue weighted by molar-refractivity contribution is 6.29. The first kappa shape index (κ1) is 15.8. The highest BCUT2D eigenvalue weighted by Gasteiger charge is 2.11. The minimum atomic E-state index is -0.597. The van der Waals surface area contributed by atoms with E-state index >= 15 is 0 Å².